The van der Waals surface area contributed by atoms with E-state index >= 15 is 0 Å². The number of phenolic OH excluding ortho intramolecular Hbond substituents is 1. The van der Waals surface area contributed by atoms with E-state index in [1.54, 1.807) is 12.1 Å². The maximum atomic E-state index is 9.88. The van der Waals surface area contributed by atoms with Crippen LogP contribution in [-0.4, -0.2) is 10.8 Å². The number of fused-ring (bicyclic) bond motifs is 2. The number of phenols is 1. The molecule has 2 heterocycles. The molecule has 2 aliphatic rings. The molecule has 0 aliphatic carbocycles. The number of anilines is 1. The summed E-state index contributed by atoms with van der Waals surface area (Å²) in [5, 5.41) is 13.4. The molecule has 1 spiro atoms. The first kappa shape index (κ1) is 13.3. The monoisotopic (exact) mass is 293 g/mol. The van der Waals surface area contributed by atoms with Gasteiger partial charge in [-0.25, -0.2) is 0 Å². The molecule has 0 aromatic heterocycles. The summed E-state index contributed by atoms with van der Waals surface area (Å²) < 4.78 is 6.45. The van der Waals surface area contributed by atoms with Crippen LogP contribution in [0.5, 0.6) is 11.5 Å². The van der Waals surface area contributed by atoms with Crippen molar-refractivity contribution in [2.24, 2.45) is 0 Å². The van der Waals surface area contributed by atoms with Gasteiger partial charge >= 0.3 is 0 Å². The summed E-state index contributed by atoms with van der Waals surface area (Å²) in [5.74, 6) is 1.15. The zero-order valence-corrected chi connectivity index (χ0v) is 13.0. The molecule has 0 saturated heterocycles. The van der Waals surface area contributed by atoms with Crippen LogP contribution in [0.1, 0.15) is 30.5 Å². The smallest absolute Gasteiger partial charge is 0.207 e. The van der Waals surface area contributed by atoms with Crippen LogP contribution in [0.15, 0.2) is 42.0 Å². The van der Waals surface area contributed by atoms with Crippen molar-refractivity contribution < 1.29 is 9.84 Å². The Morgan fingerprint density at radius 2 is 1.91 bits per heavy atom. The van der Waals surface area contributed by atoms with Crippen molar-refractivity contribution in [2.75, 3.05) is 5.32 Å². The van der Waals surface area contributed by atoms with Gasteiger partial charge in [0.15, 0.2) is 0 Å². The second-order valence-corrected chi connectivity index (χ2v) is 6.28. The molecule has 22 heavy (non-hydrogen) atoms. The number of ether oxygens (including phenoxy) is 1. The Bertz CT molecular complexity index is 795. The van der Waals surface area contributed by atoms with E-state index in [0.29, 0.717) is 0 Å². The third-order valence-corrected chi connectivity index (χ3v) is 4.90. The van der Waals surface area contributed by atoms with Crippen molar-refractivity contribution in [1.82, 2.24) is 0 Å². The predicted octanol–water partition coefficient (Wildman–Crippen LogP) is 4.25. The van der Waals surface area contributed by atoms with Gasteiger partial charge in [0.25, 0.3) is 0 Å². The number of aromatic hydroxyl groups is 1. The number of hydrogen-bond donors (Lipinski definition) is 2. The Balaban J connectivity index is 1.88. The first-order valence-electron chi connectivity index (χ1n) is 7.57. The molecular formula is C19H19NO2. The quantitative estimate of drug-likeness (QED) is 0.763. The average Bonchev–Trinajstić information content (AvgIpc) is 2.86. The molecule has 0 bridgehead atoms. The van der Waals surface area contributed by atoms with E-state index in [2.05, 4.69) is 37.4 Å². The van der Waals surface area contributed by atoms with E-state index in [1.807, 2.05) is 13.0 Å². The lowest BCUT2D eigenvalue weighted by atomic mass is 9.88. The summed E-state index contributed by atoms with van der Waals surface area (Å²) in [5.41, 5.74) is 6.17. The first-order chi connectivity index (χ1) is 10.5. The SMILES string of the molecule is CC1=C(C)C2(Cc3ccccc3N2)Oc2c(C)cc(O)cc21. The third-order valence-electron chi connectivity index (χ3n) is 4.90. The molecule has 112 valence electrons. The van der Waals surface area contributed by atoms with Crippen LogP contribution in [0, 0.1) is 6.92 Å². The minimum absolute atomic E-state index is 0.283. The van der Waals surface area contributed by atoms with Crippen molar-refractivity contribution in [3.8, 4) is 11.5 Å². The summed E-state index contributed by atoms with van der Waals surface area (Å²) in [6.07, 6.45) is 0.812. The summed E-state index contributed by atoms with van der Waals surface area (Å²) in [6.45, 7) is 6.18. The molecule has 0 radical (unpaired) electrons. The third kappa shape index (κ3) is 1.68. The topological polar surface area (TPSA) is 41.5 Å². The Labute approximate surface area is 130 Å². The zero-order chi connectivity index (χ0) is 15.5. The standard InChI is InChI=1S/C19H19NO2/c1-11-8-15(21)9-16-12(2)13(3)19(22-18(11)16)10-14-6-4-5-7-17(14)20-19/h4-9,20-21H,10H2,1-3H3. The Morgan fingerprint density at radius 3 is 2.68 bits per heavy atom. The van der Waals surface area contributed by atoms with Gasteiger partial charge in [-0.15, -0.1) is 0 Å². The minimum atomic E-state index is -0.511. The van der Waals surface area contributed by atoms with E-state index < -0.39 is 5.72 Å². The summed E-state index contributed by atoms with van der Waals surface area (Å²) >= 11 is 0. The number of rotatable bonds is 0. The molecule has 0 saturated carbocycles. The van der Waals surface area contributed by atoms with Crippen LogP contribution in [0.3, 0.4) is 0 Å². The largest absolute Gasteiger partial charge is 0.508 e. The minimum Gasteiger partial charge on any atom is -0.508 e. The highest BCUT2D eigenvalue weighted by atomic mass is 16.5. The summed E-state index contributed by atoms with van der Waals surface area (Å²) in [4.78, 5) is 0. The lowest BCUT2D eigenvalue weighted by molar-refractivity contribution is 0.140. The summed E-state index contributed by atoms with van der Waals surface area (Å²) in [6, 6.07) is 11.9. The van der Waals surface area contributed by atoms with Crippen LogP contribution in [0.25, 0.3) is 5.57 Å². The number of hydrogen-bond acceptors (Lipinski definition) is 3. The highest BCUT2D eigenvalue weighted by Crippen LogP contribution is 2.48. The molecular weight excluding hydrogens is 274 g/mol. The van der Waals surface area contributed by atoms with Gasteiger partial charge < -0.3 is 15.2 Å². The molecule has 4 rings (SSSR count). The van der Waals surface area contributed by atoms with Crippen molar-refractivity contribution in [3.05, 3.63) is 58.7 Å². The second-order valence-electron chi connectivity index (χ2n) is 6.28. The van der Waals surface area contributed by atoms with Crippen LogP contribution in [0.2, 0.25) is 0 Å². The van der Waals surface area contributed by atoms with E-state index in [0.717, 1.165) is 29.0 Å². The fourth-order valence-electron chi connectivity index (χ4n) is 3.54. The van der Waals surface area contributed by atoms with Crippen LogP contribution >= 0.6 is 0 Å². The molecule has 2 N–H and O–H groups in total. The van der Waals surface area contributed by atoms with Gasteiger partial charge in [-0.1, -0.05) is 18.2 Å². The first-order valence-corrected chi connectivity index (χ1v) is 7.57. The van der Waals surface area contributed by atoms with Crippen molar-refractivity contribution in [1.29, 1.82) is 0 Å². The fraction of sp³-hybridized carbons (Fsp3) is 0.263. The molecule has 2 aliphatic heterocycles. The number of nitrogens with one attached hydrogen (secondary N) is 1. The fourth-order valence-corrected chi connectivity index (χ4v) is 3.54. The average molecular weight is 293 g/mol. The molecule has 1 unspecified atom stereocenters. The highest BCUT2D eigenvalue weighted by molar-refractivity contribution is 5.79. The van der Waals surface area contributed by atoms with E-state index in [4.69, 9.17) is 4.74 Å². The van der Waals surface area contributed by atoms with E-state index in [9.17, 15) is 5.11 Å². The normalized spacial score (nSPS) is 22.1. The maximum absolute atomic E-state index is 9.88. The Hall–Kier alpha value is -2.42. The molecule has 2 aromatic rings. The van der Waals surface area contributed by atoms with Crippen LogP contribution < -0.4 is 10.1 Å². The summed E-state index contributed by atoms with van der Waals surface area (Å²) in [7, 11) is 0. The zero-order valence-electron chi connectivity index (χ0n) is 13.0. The molecule has 3 nitrogen and oxygen atoms in total. The van der Waals surface area contributed by atoms with Gasteiger partial charge in [0, 0.05) is 17.7 Å². The van der Waals surface area contributed by atoms with Gasteiger partial charge in [-0.05, 0) is 61.2 Å². The molecule has 2 aromatic carbocycles. The van der Waals surface area contributed by atoms with Gasteiger partial charge in [-0.2, -0.15) is 0 Å². The second kappa shape index (κ2) is 4.29. The maximum Gasteiger partial charge on any atom is 0.207 e. The number of aryl methyl sites for hydroxylation is 1. The Kier molecular flexibility index (Phi) is 2.59. The molecule has 0 fully saturated rings. The highest BCUT2D eigenvalue weighted by Gasteiger charge is 2.44. The lowest BCUT2D eigenvalue weighted by Gasteiger charge is -2.38. The Morgan fingerprint density at radius 1 is 1.14 bits per heavy atom. The number of allylic oxidation sites excluding steroid dienone is 1. The molecule has 1 atom stereocenters. The number of benzene rings is 2. The van der Waals surface area contributed by atoms with Crippen molar-refractivity contribution >= 4 is 11.3 Å². The molecule has 0 amide bonds. The van der Waals surface area contributed by atoms with Gasteiger partial charge in [0.2, 0.25) is 5.72 Å². The lowest BCUT2D eigenvalue weighted by Crippen LogP contribution is -2.46. The van der Waals surface area contributed by atoms with Crippen molar-refractivity contribution in [3.63, 3.8) is 0 Å². The number of para-hydroxylation sites is 1. The van der Waals surface area contributed by atoms with Crippen molar-refractivity contribution in [2.45, 2.75) is 32.9 Å². The van der Waals surface area contributed by atoms with Crippen LogP contribution in [0.4, 0.5) is 5.69 Å². The predicted molar refractivity (Wildman–Crippen MR) is 88.2 cm³/mol. The van der Waals surface area contributed by atoms with E-state index in [-0.39, 0.29) is 5.75 Å². The van der Waals surface area contributed by atoms with Gasteiger partial charge in [0.05, 0.1) is 0 Å². The van der Waals surface area contributed by atoms with Crippen LogP contribution in [-0.2, 0) is 6.42 Å². The molecule has 3 heteroatoms. The van der Waals surface area contributed by atoms with E-state index in [1.165, 1.54) is 16.7 Å². The van der Waals surface area contributed by atoms with Gasteiger partial charge in [-0.3, -0.25) is 0 Å². The van der Waals surface area contributed by atoms with Gasteiger partial charge in [0.1, 0.15) is 11.5 Å².